The molecule has 5 heteroatoms. The average Bonchev–Trinajstić information content (AvgIpc) is 2.90. The van der Waals surface area contributed by atoms with Crippen LogP contribution in [-0.4, -0.2) is 26.4 Å². The first-order chi connectivity index (χ1) is 16.9. The van der Waals surface area contributed by atoms with Gasteiger partial charge in [-0.3, -0.25) is 0 Å². The zero-order valence-electron chi connectivity index (χ0n) is 19.1. The second-order valence-corrected chi connectivity index (χ2v) is 7.51. The second-order valence-electron chi connectivity index (χ2n) is 7.51. The van der Waals surface area contributed by atoms with Crippen molar-refractivity contribution in [3.8, 4) is 23.0 Å². The number of benzene rings is 4. The lowest BCUT2D eigenvalue weighted by molar-refractivity contribution is 0.216. The van der Waals surface area contributed by atoms with Gasteiger partial charge >= 0.3 is 0 Å². The van der Waals surface area contributed by atoms with E-state index in [1.807, 2.05) is 103 Å². The highest BCUT2D eigenvalue weighted by atomic mass is 16.5. The van der Waals surface area contributed by atoms with Gasteiger partial charge in [0.05, 0.1) is 0 Å². The molecule has 0 heterocycles. The van der Waals surface area contributed by atoms with E-state index in [1.165, 1.54) is 0 Å². The van der Waals surface area contributed by atoms with Crippen molar-refractivity contribution in [2.45, 2.75) is 6.54 Å². The summed E-state index contributed by atoms with van der Waals surface area (Å²) in [7, 11) is 0. The van der Waals surface area contributed by atoms with E-state index in [4.69, 9.17) is 18.9 Å². The molecule has 174 valence electrons. The predicted molar refractivity (Wildman–Crippen MR) is 135 cm³/mol. The van der Waals surface area contributed by atoms with E-state index in [1.54, 1.807) is 0 Å². The molecule has 0 unspecified atom stereocenters. The molecular weight excluding hydrogens is 426 g/mol. The molecule has 4 aromatic carbocycles. The van der Waals surface area contributed by atoms with Gasteiger partial charge in [0, 0.05) is 17.8 Å². The molecule has 0 amide bonds. The SMILES string of the molecule is c1ccc(OCCOc2ccc(NCc3ccccc3OCCOc3ccccc3)cc2)cc1. The minimum atomic E-state index is 0.478. The summed E-state index contributed by atoms with van der Waals surface area (Å²) in [5, 5.41) is 3.44. The van der Waals surface area contributed by atoms with Crippen LogP contribution < -0.4 is 24.3 Å². The predicted octanol–water partition coefficient (Wildman–Crippen LogP) is 6.21. The van der Waals surface area contributed by atoms with Gasteiger partial charge in [0.2, 0.25) is 0 Å². The van der Waals surface area contributed by atoms with E-state index in [0.29, 0.717) is 33.0 Å². The van der Waals surface area contributed by atoms with Crippen molar-refractivity contribution in [2.75, 3.05) is 31.7 Å². The fourth-order valence-corrected chi connectivity index (χ4v) is 3.32. The lowest BCUT2D eigenvalue weighted by atomic mass is 10.2. The highest BCUT2D eigenvalue weighted by Crippen LogP contribution is 2.21. The van der Waals surface area contributed by atoms with Crippen LogP contribution in [0, 0.1) is 0 Å². The van der Waals surface area contributed by atoms with Crippen molar-refractivity contribution >= 4 is 5.69 Å². The minimum absolute atomic E-state index is 0.478. The Balaban J connectivity index is 1.19. The first-order valence-electron chi connectivity index (χ1n) is 11.4. The van der Waals surface area contributed by atoms with Crippen LogP contribution in [0.4, 0.5) is 5.69 Å². The zero-order chi connectivity index (χ0) is 23.3. The number of anilines is 1. The van der Waals surface area contributed by atoms with Gasteiger partial charge in [0.15, 0.2) is 0 Å². The molecular formula is C29H29NO4. The van der Waals surface area contributed by atoms with Crippen molar-refractivity contribution < 1.29 is 18.9 Å². The fraction of sp³-hybridized carbons (Fsp3) is 0.172. The van der Waals surface area contributed by atoms with E-state index in [2.05, 4.69) is 11.4 Å². The van der Waals surface area contributed by atoms with Crippen molar-refractivity contribution in [2.24, 2.45) is 0 Å². The third-order valence-electron chi connectivity index (χ3n) is 5.03. The maximum Gasteiger partial charge on any atom is 0.124 e. The van der Waals surface area contributed by atoms with Crippen LogP contribution in [0.2, 0.25) is 0 Å². The summed E-state index contributed by atoms with van der Waals surface area (Å²) in [6, 6.07) is 35.4. The molecule has 0 fully saturated rings. The van der Waals surface area contributed by atoms with E-state index in [9.17, 15) is 0 Å². The van der Waals surface area contributed by atoms with Crippen molar-refractivity contribution in [3.05, 3.63) is 115 Å². The van der Waals surface area contributed by atoms with Gasteiger partial charge in [-0.1, -0.05) is 54.6 Å². The summed E-state index contributed by atoms with van der Waals surface area (Å²) < 4.78 is 23.1. The van der Waals surface area contributed by atoms with E-state index >= 15 is 0 Å². The highest BCUT2D eigenvalue weighted by molar-refractivity contribution is 5.48. The van der Waals surface area contributed by atoms with Crippen molar-refractivity contribution in [3.63, 3.8) is 0 Å². The molecule has 0 saturated carbocycles. The lowest BCUT2D eigenvalue weighted by Crippen LogP contribution is -2.11. The smallest absolute Gasteiger partial charge is 0.124 e. The molecule has 0 atom stereocenters. The van der Waals surface area contributed by atoms with Crippen LogP contribution in [0.5, 0.6) is 23.0 Å². The summed E-state index contributed by atoms with van der Waals surface area (Å²) in [5.74, 6) is 3.35. The van der Waals surface area contributed by atoms with Crippen molar-refractivity contribution in [1.82, 2.24) is 0 Å². The monoisotopic (exact) mass is 455 g/mol. The Bertz CT molecular complexity index is 1100. The Morgan fingerprint density at radius 3 is 1.50 bits per heavy atom. The second kappa shape index (κ2) is 12.8. The van der Waals surface area contributed by atoms with Crippen LogP contribution in [-0.2, 0) is 6.54 Å². The molecule has 0 spiro atoms. The van der Waals surface area contributed by atoms with Gasteiger partial charge < -0.3 is 24.3 Å². The Morgan fingerprint density at radius 2 is 0.912 bits per heavy atom. The Morgan fingerprint density at radius 1 is 0.441 bits per heavy atom. The van der Waals surface area contributed by atoms with E-state index in [-0.39, 0.29) is 0 Å². The van der Waals surface area contributed by atoms with Gasteiger partial charge in [-0.05, 0) is 54.6 Å². The molecule has 0 saturated heterocycles. The normalized spacial score (nSPS) is 10.4. The Labute approximate surface area is 200 Å². The summed E-state index contributed by atoms with van der Waals surface area (Å²) >= 11 is 0. The van der Waals surface area contributed by atoms with Crippen molar-refractivity contribution in [1.29, 1.82) is 0 Å². The standard InChI is InChI=1S/C29H29NO4/c1-3-10-26(11-4-1)31-19-20-33-28-17-15-25(16-18-28)30-23-24-9-7-8-14-29(24)34-22-21-32-27-12-5-2-6-13-27/h1-18,30H,19-23H2. The van der Waals surface area contributed by atoms with Crippen LogP contribution >= 0.6 is 0 Å². The summed E-state index contributed by atoms with van der Waals surface area (Å²) in [5.41, 5.74) is 2.09. The first kappa shape index (κ1) is 23.1. The van der Waals surface area contributed by atoms with Crippen LogP contribution in [0.3, 0.4) is 0 Å². The van der Waals surface area contributed by atoms with E-state index < -0.39 is 0 Å². The topological polar surface area (TPSA) is 49.0 Å². The molecule has 0 radical (unpaired) electrons. The Hall–Kier alpha value is -4.12. The third kappa shape index (κ3) is 7.48. The number of rotatable bonds is 13. The largest absolute Gasteiger partial charge is 0.490 e. The fourth-order valence-electron chi connectivity index (χ4n) is 3.32. The molecule has 0 bridgehead atoms. The number of ether oxygens (including phenoxy) is 4. The maximum atomic E-state index is 5.96. The molecule has 4 aromatic rings. The van der Waals surface area contributed by atoms with Gasteiger partial charge in [-0.25, -0.2) is 0 Å². The summed E-state index contributed by atoms with van der Waals surface area (Å²) in [4.78, 5) is 0. The van der Waals surface area contributed by atoms with E-state index in [0.717, 1.165) is 34.2 Å². The number of hydrogen-bond acceptors (Lipinski definition) is 5. The van der Waals surface area contributed by atoms with Gasteiger partial charge in [0.1, 0.15) is 49.4 Å². The van der Waals surface area contributed by atoms with Gasteiger partial charge in [-0.2, -0.15) is 0 Å². The third-order valence-corrected chi connectivity index (χ3v) is 5.03. The molecule has 0 aliphatic carbocycles. The van der Waals surface area contributed by atoms with Crippen LogP contribution in [0.1, 0.15) is 5.56 Å². The van der Waals surface area contributed by atoms with Crippen LogP contribution in [0.15, 0.2) is 109 Å². The average molecular weight is 456 g/mol. The quantitative estimate of drug-likeness (QED) is 0.243. The maximum absolute atomic E-state index is 5.96. The first-order valence-corrected chi connectivity index (χ1v) is 11.4. The number of nitrogens with one attached hydrogen (secondary N) is 1. The molecule has 0 aromatic heterocycles. The van der Waals surface area contributed by atoms with Gasteiger partial charge in [-0.15, -0.1) is 0 Å². The minimum Gasteiger partial charge on any atom is -0.490 e. The number of para-hydroxylation sites is 3. The zero-order valence-corrected chi connectivity index (χ0v) is 19.1. The number of hydrogen-bond donors (Lipinski definition) is 1. The molecule has 0 aliphatic heterocycles. The highest BCUT2D eigenvalue weighted by Gasteiger charge is 2.04. The lowest BCUT2D eigenvalue weighted by Gasteiger charge is -2.14. The molecule has 1 N–H and O–H groups in total. The summed E-state index contributed by atoms with van der Waals surface area (Å²) in [6.07, 6.45) is 0. The van der Waals surface area contributed by atoms with Gasteiger partial charge in [0.25, 0.3) is 0 Å². The molecule has 0 aliphatic rings. The Kier molecular flexibility index (Phi) is 8.68. The molecule has 4 rings (SSSR count). The molecule has 34 heavy (non-hydrogen) atoms. The summed E-state index contributed by atoms with van der Waals surface area (Å²) in [6.45, 7) is 2.61. The molecule has 5 nitrogen and oxygen atoms in total. The van der Waals surface area contributed by atoms with Crippen LogP contribution in [0.25, 0.3) is 0 Å².